The molecule has 0 saturated heterocycles. The van der Waals surface area contributed by atoms with E-state index in [0.717, 1.165) is 5.56 Å². The molecular formula is C19H19FN2O3S. The smallest absolute Gasteiger partial charge is 0.260 e. The standard InChI is InChI=1S/C19H19FN2O3S/c1-24-16-9-14(10-17(11-16)25-2)18(23)22-7-6-21-19(22)26-12-13-4-3-5-15(20)8-13/h3-5,8-11H,6-7,12H2,1-2H3. The number of methoxy groups -OCH3 is 2. The van der Waals surface area contributed by atoms with E-state index in [-0.39, 0.29) is 11.7 Å². The van der Waals surface area contributed by atoms with Crippen LogP contribution in [0.25, 0.3) is 0 Å². The second kappa shape index (κ2) is 8.23. The molecule has 0 atom stereocenters. The number of carbonyl (C=O) groups excluding carboxylic acids is 1. The Kier molecular flexibility index (Phi) is 5.78. The lowest BCUT2D eigenvalue weighted by Crippen LogP contribution is -2.32. The summed E-state index contributed by atoms with van der Waals surface area (Å²) in [5.74, 6) is 1.22. The minimum absolute atomic E-state index is 0.162. The predicted octanol–water partition coefficient (Wildman–Crippen LogP) is 3.59. The molecule has 2 aromatic rings. The van der Waals surface area contributed by atoms with Gasteiger partial charge in [0.25, 0.3) is 5.91 Å². The van der Waals surface area contributed by atoms with Gasteiger partial charge < -0.3 is 9.47 Å². The highest BCUT2D eigenvalue weighted by Gasteiger charge is 2.26. The van der Waals surface area contributed by atoms with Gasteiger partial charge in [-0.2, -0.15) is 0 Å². The van der Waals surface area contributed by atoms with Crippen LogP contribution in [0.5, 0.6) is 11.5 Å². The Hall–Kier alpha value is -2.54. The van der Waals surface area contributed by atoms with E-state index >= 15 is 0 Å². The molecule has 1 aliphatic heterocycles. The third-order valence-electron chi connectivity index (χ3n) is 3.90. The fraction of sp³-hybridized carbons (Fsp3) is 0.263. The van der Waals surface area contributed by atoms with Crippen LogP contribution in [0.2, 0.25) is 0 Å². The molecule has 136 valence electrons. The molecule has 1 aliphatic rings. The molecule has 0 bridgehead atoms. The maximum Gasteiger partial charge on any atom is 0.260 e. The molecule has 0 spiro atoms. The van der Waals surface area contributed by atoms with E-state index in [2.05, 4.69) is 4.99 Å². The van der Waals surface area contributed by atoms with Crippen LogP contribution in [-0.2, 0) is 5.75 Å². The summed E-state index contributed by atoms with van der Waals surface area (Å²) in [6.07, 6.45) is 0. The Morgan fingerprint density at radius 1 is 1.19 bits per heavy atom. The molecule has 26 heavy (non-hydrogen) atoms. The van der Waals surface area contributed by atoms with Crippen molar-refractivity contribution in [1.82, 2.24) is 4.90 Å². The van der Waals surface area contributed by atoms with Crippen molar-refractivity contribution in [2.75, 3.05) is 27.3 Å². The molecule has 2 aromatic carbocycles. The van der Waals surface area contributed by atoms with E-state index in [4.69, 9.17) is 9.47 Å². The maximum absolute atomic E-state index is 13.3. The first-order valence-electron chi connectivity index (χ1n) is 8.07. The average molecular weight is 374 g/mol. The van der Waals surface area contributed by atoms with Crippen LogP contribution in [0.15, 0.2) is 47.5 Å². The topological polar surface area (TPSA) is 51.1 Å². The molecule has 0 saturated carbocycles. The van der Waals surface area contributed by atoms with Crippen molar-refractivity contribution in [3.63, 3.8) is 0 Å². The Labute approximate surface area is 155 Å². The number of halogens is 1. The number of rotatable bonds is 5. The first-order valence-corrected chi connectivity index (χ1v) is 9.06. The van der Waals surface area contributed by atoms with E-state index in [9.17, 15) is 9.18 Å². The van der Waals surface area contributed by atoms with Crippen molar-refractivity contribution >= 4 is 22.8 Å². The lowest BCUT2D eigenvalue weighted by atomic mass is 10.1. The Morgan fingerprint density at radius 2 is 1.92 bits per heavy atom. The number of hydrogen-bond donors (Lipinski definition) is 0. The summed E-state index contributed by atoms with van der Waals surface area (Å²) in [7, 11) is 3.08. The minimum Gasteiger partial charge on any atom is -0.497 e. The molecule has 0 aromatic heterocycles. The maximum atomic E-state index is 13.3. The average Bonchev–Trinajstić information content (AvgIpc) is 3.14. The molecule has 0 aliphatic carbocycles. The molecule has 1 heterocycles. The highest BCUT2D eigenvalue weighted by Crippen LogP contribution is 2.26. The van der Waals surface area contributed by atoms with Crippen LogP contribution in [-0.4, -0.2) is 43.3 Å². The molecular weight excluding hydrogens is 355 g/mol. The summed E-state index contributed by atoms with van der Waals surface area (Å²) in [6.45, 7) is 1.07. The first kappa shape index (κ1) is 18.3. The summed E-state index contributed by atoms with van der Waals surface area (Å²) in [5.41, 5.74) is 1.32. The number of thioether (sulfide) groups is 1. The van der Waals surface area contributed by atoms with Crippen LogP contribution in [0.4, 0.5) is 4.39 Å². The van der Waals surface area contributed by atoms with Crippen LogP contribution in [0.3, 0.4) is 0 Å². The van der Waals surface area contributed by atoms with Gasteiger partial charge in [0.1, 0.15) is 17.3 Å². The number of aliphatic imine (C=N–C) groups is 1. The van der Waals surface area contributed by atoms with Gasteiger partial charge in [-0.3, -0.25) is 14.7 Å². The molecule has 3 rings (SSSR count). The molecule has 0 unspecified atom stereocenters. The monoisotopic (exact) mass is 374 g/mol. The lowest BCUT2D eigenvalue weighted by Gasteiger charge is -2.18. The van der Waals surface area contributed by atoms with Crippen LogP contribution < -0.4 is 9.47 Å². The van der Waals surface area contributed by atoms with Gasteiger partial charge in [0.15, 0.2) is 5.17 Å². The molecule has 5 nitrogen and oxygen atoms in total. The fourth-order valence-corrected chi connectivity index (χ4v) is 3.59. The van der Waals surface area contributed by atoms with Crippen molar-refractivity contribution in [3.8, 4) is 11.5 Å². The first-order chi connectivity index (χ1) is 12.6. The second-order valence-electron chi connectivity index (χ2n) is 5.64. The SMILES string of the molecule is COc1cc(OC)cc(C(=O)N2CCN=C2SCc2cccc(F)c2)c1. The number of benzene rings is 2. The highest BCUT2D eigenvalue weighted by atomic mass is 32.2. The van der Waals surface area contributed by atoms with E-state index in [0.29, 0.717) is 41.1 Å². The quantitative estimate of drug-likeness (QED) is 0.803. The van der Waals surface area contributed by atoms with Crippen molar-refractivity contribution in [2.45, 2.75) is 5.75 Å². The van der Waals surface area contributed by atoms with Gasteiger partial charge in [-0.25, -0.2) is 4.39 Å². The largest absolute Gasteiger partial charge is 0.497 e. The molecule has 0 fully saturated rings. The van der Waals surface area contributed by atoms with Crippen LogP contribution in [0.1, 0.15) is 15.9 Å². The van der Waals surface area contributed by atoms with Gasteiger partial charge in [-0.05, 0) is 29.8 Å². The third-order valence-corrected chi connectivity index (χ3v) is 4.99. The highest BCUT2D eigenvalue weighted by molar-refractivity contribution is 8.13. The summed E-state index contributed by atoms with van der Waals surface area (Å²) in [6, 6.07) is 11.5. The van der Waals surface area contributed by atoms with Gasteiger partial charge in [0.2, 0.25) is 0 Å². The number of amidine groups is 1. The summed E-state index contributed by atoms with van der Waals surface area (Å²) in [5, 5.41) is 0.640. The Balaban J connectivity index is 1.74. The number of nitrogens with zero attached hydrogens (tertiary/aromatic N) is 2. The van der Waals surface area contributed by atoms with Crippen molar-refractivity contribution in [3.05, 3.63) is 59.4 Å². The molecule has 1 amide bonds. The van der Waals surface area contributed by atoms with Crippen molar-refractivity contribution in [2.24, 2.45) is 4.99 Å². The molecule has 7 heteroatoms. The van der Waals surface area contributed by atoms with Gasteiger partial charge in [0.05, 0.1) is 20.8 Å². The number of ether oxygens (including phenoxy) is 2. The summed E-state index contributed by atoms with van der Waals surface area (Å²) in [4.78, 5) is 19.0. The molecule has 0 radical (unpaired) electrons. The van der Waals surface area contributed by atoms with Gasteiger partial charge in [-0.15, -0.1) is 0 Å². The second-order valence-corrected chi connectivity index (χ2v) is 6.58. The summed E-state index contributed by atoms with van der Waals surface area (Å²) < 4.78 is 23.8. The fourth-order valence-electron chi connectivity index (χ4n) is 2.60. The van der Waals surface area contributed by atoms with Crippen molar-refractivity contribution in [1.29, 1.82) is 0 Å². The lowest BCUT2D eigenvalue weighted by molar-refractivity contribution is 0.0860. The van der Waals surface area contributed by atoms with Gasteiger partial charge in [0, 0.05) is 23.9 Å². The zero-order valence-electron chi connectivity index (χ0n) is 14.6. The summed E-state index contributed by atoms with van der Waals surface area (Å²) >= 11 is 1.42. The Morgan fingerprint density at radius 3 is 2.58 bits per heavy atom. The van der Waals surface area contributed by atoms with E-state index in [1.165, 1.54) is 23.9 Å². The normalized spacial score (nSPS) is 13.5. The molecule has 0 N–H and O–H groups in total. The van der Waals surface area contributed by atoms with E-state index in [1.807, 2.05) is 6.07 Å². The Bertz CT molecular complexity index is 819. The number of hydrogen-bond acceptors (Lipinski definition) is 5. The minimum atomic E-state index is -0.270. The van der Waals surface area contributed by atoms with Crippen molar-refractivity contribution < 1.29 is 18.7 Å². The van der Waals surface area contributed by atoms with Gasteiger partial charge in [-0.1, -0.05) is 23.9 Å². The van der Waals surface area contributed by atoms with Gasteiger partial charge >= 0.3 is 0 Å². The third kappa shape index (κ3) is 4.16. The number of amides is 1. The van der Waals surface area contributed by atoms with Crippen LogP contribution >= 0.6 is 11.8 Å². The zero-order valence-corrected chi connectivity index (χ0v) is 15.4. The van der Waals surface area contributed by atoms with E-state index in [1.54, 1.807) is 43.4 Å². The zero-order chi connectivity index (χ0) is 18.5. The number of carbonyl (C=O) groups is 1. The van der Waals surface area contributed by atoms with E-state index < -0.39 is 0 Å². The predicted molar refractivity (Wildman–Crippen MR) is 101 cm³/mol. The van der Waals surface area contributed by atoms with Crippen LogP contribution in [0, 0.1) is 5.82 Å².